The molecule has 0 bridgehead atoms. The second-order valence-corrected chi connectivity index (χ2v) is 9.35. The number of halogens is 1. The van der Waals surface area contributed by atoms with Crippen molar-refractivity contribution in [2.75, 3.05) is 20.2 Å². The van der Waals surface area contributed by atoms with Crippen molar-refractivity contribution in [2.24, 2.45) is 11.8 Å². The van der Waals surface area contributed by atoms with Crippen LogP contribution in [0.15, 0.2) is 48.5 Å². The highest BCUT2D eigenvalue weighted by Gasteiger charge is 2.34. The number of methoxy groups -OCH3 is 1. The van der Waals surface area contributed by atoms with Gasteiger partial charge >= 0.3 is 0 Å². The van der Waals surface area contributed by atoms with Gasteiger partial charge in [0.15, 0.2) is 0 Å². The van der Waals surface area contributed by atoms with E-state index >= 15 is 0 Å². The maximum absolute atomic E-state index is 13.2. The average Bonchev–Trinajstić information content (AvgIpc) is 2.86. The molecule has 2 aromatic carbocycles. The summed E-state index contributed by atoms with van der Waals surface area (Å²) in [6, 6.07) is 12.2. The number of hydrogen-bond acceptors (Lipinski definition) is 4. The van der Waals surface area contributed by atoms with Crippen LogP contribution >= 0.6 is 0 Å². The van der Waals surface area contributed by atoms with Crippen molar-refractivity contribution < 1.29 is 23.5 Å². The molecule has 1 unspecified atom stereocenters. The van der Waals surface area contributed by atoms with Crippen LogP contribution in [0.3, 0.4) is 0 Å². The van der Waals surface area contributed by atoms with Crippen LogP contribution in [-0.2, 0) is 16.1 Å². The smallest absolute Gasteiger partial charge is 0.253 e. The Kier molecular flexibility index (Phi) is 9.23. The minimum atomic E-state index is -0.695. The Hall–Kier alpha value is -3.42. The minimum Gasteiger partial charge on any atom is -0.497 e. The first kappa shape index (κ1) is 26.2. The predicted octanol–water partition coefficient (Wildman–Crippen LogP) is 3.53. The fraction of sp³-hybridized carbons (Fsp3) is 0.444. The van der Waals surface area contributed by atoms with Gasteiger partial charge in [0.25, 0.3) is 5.91 Å². The lowest BCUT2D eigenvalue weighted by molar-refractivity contribution is -0.131. The molecule has 1 aliphatic rings. The molecule has 1 fully saturated rings. The number of hydrogen-bond donors (Lipinski definition) is 2. The Labute approximate surface area is 206 Å². The van der Waals surface area contributed by atoms with Gasteiger partial charge < -0.3 is 20.3 Å². The van der Waals surface area contributed by atoms with E-state index in [0.717, 1.165) is 5.56 Å². The zero-order chi connectivity index (χ0) is 25.4. The van der Waals surface area contributed by atoms with Gasteiger partial charge in [0.2, 0.25) is 11.8 Å². The van der Waals surface area contributed by atoms with Crippen molar-refractivity contribution in [2.45, 2.75) is 45.7 Å². The molecule has 2 N–H and O–H groups in total. The van der Waals surface area contributed by atoms with Gasteiger partial charge in [-0.25, -0.2) is 4.39 Å². The van der Waals surface area contributed by atoms with E-state index in [9.17, 15) is 18.8 Å². The normalized spacial score (nSPS) is 14.9. The highest BCUT2D eigenvalue weighted by Crippen LogP contribution is 2.24. The summed E-state index contributed by atoms with van der Waals surface area (Å²) < 4.78 is 18.3. The van der Waals surface area contributed by atoms with Gasteiger partial charge in [-0.3, -0.25) is 14.4 Å². The lowest BCUT2D eigenvalue weighted by atomic mass is 9.88. The maximum Gasteiger partial charge on any atom is 0.253 e. The van der Waals surface area contributed by atoms with E-state index in [1.807, 2.05) is 13.8 Å². The molecular weight excluding hydrogens is 449 g/mol. The minimum absolute atomic E-state index is 0.0627. The largest absolute Gasteiger partial charge is 0.497 e. The predicted molar refractivity (Wildman–Crippen MR) is 131 cm³/mol. The van der Waals surface area contributed by atoms with Crippen LogP contribution in [0.5, 0.6) is 5.75 Å². The van der Waals surface area contributed by atoms with E-state index < -0.39 is 6.04 Å². The van der Waals surface area contributed by atoms with Gasteiger partial charge in [-0.05, 0) is 66.6 Å². The van der Waals surface area contributed by atoms with Crippen LogP contribution in [0.4, 0.5) is 4.39 Å². The summed E-state index contributed by atoms with van der Waals surface area (Å²) in [7, 11) is 1.58. The fourth-order valence-corrected chi connectivity index (χ4v) is 4.25. The van der Waals surface area contributed by atoms with Crippen molar-refractivity contribution in [3.8, 4) is 5.75 Å². The van der Waals surface area contributed by atoms with Crippen molar-refractivity contribution >= 4 is 17.7 Å². The number of piperidine rings is 1. The Bertz CT molecular complexity index is 1000. The summed E-state index contributed by atoms with van der Waals surface area (Å²) in [5.74, 6) is -0.0832. The Morgan fingerprint density at radius 2 is 1.66 bits per heavy atom. The van der Waals surface area contributed by atoms with Crippen LogP contribution in [-0.4, -0.2) is 48.9 Å². The Morgan fingerprint density at radius 1 is 1.03 bits per heavy atom. The van der Waals surface area contributed by atoms with Gasteiger partial charge in [0.05, 0.1) is 7.11 Å². The van der Waals surface area contributed by atoms with Gasteiger partial charge in [0.1, 0.15) is 17.6 Å². The first-order chi connectivity index (χ1) is 16.8. The molecule has 1 saturated heterocycles. The summed E-state index contributed by atoms with van der Waals surface area (Å²) >= 11 is 0. The van der Waals surface area contributed by atoms with E-state index in [2.05, 4.69) is 10.6 Å². The van der Waals surface area contributed by atoms with Gasteiger partial charge in [-0.2, -0.15) is 0 Å². The summed E-state index contributed by atoms with van der Waals surface area (Å²) in [5.41, 5.74) is 1.36. The highest BCUT2D eigenvalue weighted by atomic mass is 19.1. The topological polar surface area (TPSA) is 87.7 Å². The van der Waals surface area contributed by atoms with E-state index in [1.54, 1.807) is 48.4 Å². The SMILES string of the molecule is COc1ccc(C(=O)N2CCC(C(NC(=O)CC(C)C)C(=O)NCc3ccc(F)cc3)CC2)cc1. The van der Waals surface area contributed by atoms with Crippen LogP contribution < -0.4 is 15.4 Å². The third-order valence-corrected chi connectivity index (χ3v) is 6.21. The molecule has 1 heterocycles. The number of rotatable bonds is 9. The molecule has 0 aromatic heterocycles. The molecule has 7 nitrogen and oxygen atoms in total. The summed E-state index contributed by atoms with van der Waals surface area (Å²) in [6.07, 6.45) is 1.52. The number of likely N-dealkylation sites (tertiary alicyclic amines) is 1. The number of benzene rings is 2. The first-order valence-electron chi connectivity index (χ1n) is 12.0. The molecule has 3 amide bonds. The van der Waals surface area contributed by atoms with E-state index in [1.165, 1.54) is 12.1 Å². The molecule has 0 aliphatic carbocycles. The molecule has 35 heavy (non-hydrogen) atoms. The zero-order valence-corrected chi connectivity index (χ0v) is 20.6. The zero-order valence-electron chi connectivity index (χ0n) is 20.6. The number of ether oxygens (including phenoxy) is 1. The Morgan fingerprint density at radius 3 is 2.23 bits per heavy atom. The molecule has 0 saturated carbocycles. The molecule has 1 aliphatic heterocycles. The molecule has 0 radical (unpaired) electrons. The third kappa shape index (κ3) is 7.53. The Balaban J connectivity index is 1.63. The standard InChI is InChI=1S/C27H34FN3O4/c1-18(2)16-24(32)30-25(26(33)29-17-19-4-8-22(28)9-5-19)20-12-14-31(15-13-20)27(34)21-6-10-23(35-3)11-7-21/h4-11,18,20,25H,12-17H2,1-3H3,(H,29,33)(H,30,32). The van der Waals surface area contributed by atoms with Crippen molar-refractivity contribution in [3.63, 3.8) is 0 Å². The van der Waals surface area contributed by atoms with Gasteiger partial charge in [-0.1, -0.05) is 26.0 Å². The van der Waals surface area contributed by atoms with Crippen LogP contribution in [0.2, 0.25) is 0 Å². The molecule has 188 valence electrons. The summed E-state index contributed by atoms with van der Waals surface area (Å²) in [5, 5.41) is 5.80. The number of nitrogens with one attached hydrogen (secondary N) is 2. The maximum atomic E-state index is 13.2. The number of nitrogens with zero attached hydrogens (tertiary/aromatic N) is 1. The molecule has 3 rings (SSSR count). The second kappa shape index (κ2) is 12.3. The van der Waals surface area contributed by atoms with Crippen LogP contribution in [0.1, 0.15) is 49.0 Å². The first-order valence-corrected chi connectivity index (χ1v) is 12.0. The molecule has 1 atom stereocenters. The fourth-order valence-electron chi connectivity index (χ4n) is 4.25. The highest BCUT2D eigenvalue weighted by molar-refractivity contribution is 5.94. The van der Waals surface area contributed by atoms with Crippen molar-refractivity contribution in [1.82, 2.24) is 15.5 Å². The lowest BCUT2D eigenvalue weighted by Crippen LogP contribution is -2.53. The van der Waals surface area contributed by atoms with Crippen molar-refractivity contribution in [1.29, 1.82) is 0 Å². The monoisotopic (exact) mass is 483 g/mol. The molecule has 8 heteroatoms. The van der Waals surface area contributed by atoms with Crippen LogP contribution in [0, 0.1) is 17.7 Å². The second-order valence-electron chi connectivity index (χ2n) is 9.35. The lowest BCUT2D eigenvalue weighted by Gasteiger charge is -2.36. The molecule has 0 spiro atoms. The van der Waals surface area contributed by atoms with E-state index in [4.69, 9.17) is 4.74 Å². The quantitative estimate of drug-likeness (QED) is 0.571. The van der Waals surface area contributed by atoms with Crippen molar-refractivity contribution in [3.05, 3.63) is 65.5 Å². The number of carbonyl (C=O) groups is 3. The summed E-state index contributed by atoms with van der Waals surface area (Å²) in [4.78, 5) is 40.3. The average molecular weight is 484 g/mol. The summed E-state index contributed by atoms with van der Waals surface area (Å²) in [6.45, 7) is 5.14. The van der Waals surface area contributed by atoms with Gasteiger partial charge in [0, 0.05) is 31.6 Å². The third-order valence-electron chi connectivity index (χ3n) is 6.21. The number of amides is 3. The number of carbonyl (C=O) groups excluding carboxylic acids is 3. The molecule has 2 aromatic rings. The van der Waals surface area contributed by atoms with E-state index in [0.29, 0.717) is 43.7 Å². The van der Waals surface area contributed by atoms with Crippen LogP contribution in [0.25, 0.3) is 0 Å². The molecular formula is C27H34FN3O4. The van der Waals surface area contributed by atoms with Gasteiger partial charge in [-0.15, -0.1) is 0 Å². The van der Waals surface area contributed by atoms with E-state index in [-0.39, 0.29) is 41.9 Å².